The van der Waals surface area contributed by atoms with E-state index in [0.717, 1.165) is 12.7 Å². The summed E-state index contributed by atoms with van der Waals surface area (Å²) in [6.45, 7) is 3.28. The third-order valence-electron chi connectivity index (χ3n) is 3.67. The van der Waals surface area contributed by atoms with Crippen molar-refractivity contribution in [1.29, 1.82) is 0 Å². The first-order valence-electron chi connectivity index (χ1n) is 6.94. The summed E-state index contributed by atoms with van der Waals surface area (Å²) in [5.74, 6) is -0.440. The lowest BCUT2D eigenvalue weighted by Crippen LogP contribution is -2.48. The van der Waals surface area contributed by atoms with E-state index in [-0.39, 0.29) is 12.6 Å². The maximum Gasteiger partial charge on any atom is 0.315 e. The highest BCUT2D eigenvalue weighted by molar-refractivity contribution is 5.74. The number of aromatic nitrogens is 1. The fourth-order valence-corrected chi connectivity index (χ4v) is 2.44. The van der Waals surface area contributed by atoms with Crippen molar-refractivity contribution in [2.75, 3.05) is 26.7 Å². The smallest absolute Gasteiger partial charge is 0.315 e. The zero-order valence-electron chi connectivity index (χ0n) is 12.3. The van der Waals surface area contributed by atoms with Gasteiger partial charge in [-0.15, -0.1) is 0 Å². The summed E-state index contributed by atoms with van der Waals surface area (Å²) < 4.78 is 13.1. The molecular weight excluding hydrogens is 275 g/mol. The van der Waals surface area contributed by atoms with Gasteiger partial charge in [0.25, 0.3) is 0 Å². The van der Waals surface area contributed by atoms with Crippen LogP contribution in [0.3, 0.4) is 0 Å². The molecule has 2 rings (SSSR count). The van der Waals surface area contributed by atoms with Crippen molar-refractivity contribution in [3.63, 3.8) is 0 Å². The lowest BCUT2D eigenvalue weighted by molar-refractivity contribution is 0.0540. The molecule has 1 aliphatic heterocycles. The predicted molar refractivity (Wildman–Crippen MR) is 76.2 cm³/mol. The molecule has 116 valence electrons. The molecule has 0 saturated carbocycles. The number of carbonyl (C=O) groups is 1. The average molecular weight is 296 g/mol. The number of hydrogen-bond acceptors (Lipinski definition) is 4. The van der Waals surface area contributed by atoms with Gasteiger partial charge in [0.05, 0.1) is 17.8 Å². The van der Waals surface area contributed by atoms with Crippen LogP contribution in [0.4, 0.5) is 9.18 Å². The van der Waals surface area contributed by atoms with Crippen molar-refractivity contribution in [2.24, 2.45) is 0 Å². The summed E-state index contributed by atoms with van der Waals surface area (Å²) in [7, 11) is 1.93. The number of aliphatic hydroxyl groups is 1. The van der Waals surface area contributed by atoms with Crippen molar-refractivity contribution in [1.82, 2.24) is 20.5 Å². The van der Waals surface area contributed by atoms with Crippen molar-refractivity contribution in [2.45, 2.75) is 25.0 Å². The topological polar surface area (TPSA) is 77.5 Å². The Morgan fingerprint density at radius 2 is 2.38 bits per heavy atom. The van der Waals surface area contributed by atoms with Crippen LogP contribution in [-0.4, -0.2) is 53.3 Å². The molecule has 3 N–H and O–H groups in total. The highest BCUT2D eigenvalue weighted by Crippen LogP contribution is 2.18. The van der Waals surface area contributed by atoms with Gasteiger partial charge in [0.2, 0.25) is 0 Å². The number of rotatable bonds is 4. The summed E-state index contributed by atoms with van der Waals surface area (Å²) in [5.41, 5.74) is -0.292. The molecule has 1 fully saturated rings. The fraction of sp³-hybridized carbons (Fsp3) is 0.571. The Bertz CT molecular complexity index is 514. The van der Waals surface area contributed by atoms with Crippen LogP contribution in [0, 0.1) is 5.82 Å². The predicted octanol–water partition coefficient (Wildman–Crippen LogP) is 0.648. The quantitative estimate of drug-likeness (QED) is 0.762. The molecule has 21 heavy (non-hydrogen) atoms. The van der Waals surface area contributed by atoms with E-state index >= 15 is 0 Å². The number of halogens is 1. The van der Waals surface area contributed by atoms with Crippen molar-refractivity contribution in [3.05, 3.63) is 29.8 Å². The first kappa shape index (κ1) is 15.7. The van der Waals surface area contributed by atoms with Gasteiger partial charge in [0.15, 0.2) is 0 Å². The minimum absolute atomic E-state index is 0.192. The Morgan fingerprint density at radius 3 is 3.00 bits per heavy atom. The summed E-state index contributed by atoms with van der Waals surface area (Å²) in [4.78, 5) is 17.6. The van der Waals surface area contributed by atoms with E-state index < -0.39 is 17.4 Å². The normalized spacial score (nSPS) is 23.8. The summed E-state index contributed by atoms with van der Waals surface area (Å²) in [6.07, 6.45) is 3.25. The number of β-amino-alcohol motifs (C(OH)–C–C–N with tert-alkyl or cyclic N) is 1. The number of likely N-dealkylation sites (tertiary alicyclic amines) is 1. The van der Waals surface area contributed by atoms with Crippen LogP contribution in [0.2, 0.25) is 0 Å². The van der Waals surface area contributed by atoms with E-state index in [2.05, 4.69) is 15.6 Å². The van der Waals surface area contributed by atoms with Crippen LogP contribution < -0.4 is 10.6 Å². The Morgan fingerprint density at radius 1 is 1.62 bits per heavy atom. The molecule has 0 spiro atoms. The Balaban J connectivity index is 1.82. The molecule has 1 aromatic heterocycles. The number of pyridine rings is 1. The minimum atomic E-state index is -0.879. The Labute approximate surface area is 123 Å². The molecule has 0 aliphatic carbocycles. The second-order valence-corrected chi connectivity index (χ2v) is 5.70. The second kappa shape index (κ2) is 6.36. The lowest BCUT2D eigenvalue weighted by atomic mass is 10.0. The fourth-order valence-electron chi connectivity index (χ4n) is 2.44. The van der Waals surface area contributed by atoms with Gasteiger partial charge in [-0.05, 0) is 32.0 Å². The molecule has 1 aliphatic rings. The zero-order valence-corrected chi connectivity index (χ0v) is 12.3. The van der Waals surface area contributed by atoms with Gasteiger partial charge < -0.3 is 20.6 Å². The summed E-state index contributed by atoms with van der Waals surface area (Å²) in [6, 6.07) is 0.570. The molecule has 2 amide bonds. The molecular formula is C14H21FN4O2. The van der Waals surface area contributed by atoms with Gasteiger partial charge in [-0.2, -0.15) is 0 Å². The number of urea groups is 1. The first-order valence-corrected chi connectivity index (χ1v) is 6.94. The van der Waals surface area contributed by atoms with Crippen molar-refractivity contribution in [3.8, 4) is 0 Å². The molecule has 1 aromatic rings. The van der Waals surface area contributed by atoms with Crippen LogP contribution in [0.25, 0.3) is 0 Å². The van der Waals surface area contributed by atoms with E-state index in [4.69, 9.17) is 0 Å². The molecule has 1 unspecified atom stereocenters. The number of nitrogens with one attached hydrogen (secondary N) is 2. The molecule has 7 heteroatoms. The van der Waals surface area contributed by atoms with Gasteiger partial charge in [-0.3, -0.25) is 4.98 Å². The van der Waals surface area contributed by atoms with Crippen LogP contribution >= 0.6 is 0 Å². The van der Waals surface area contributed by atoms with Crippen LogP contribution in [0.1, 0.15) is 24.9 Å². The standard InChI is InChI=1S/C14H21FN4O2/c1-10(11-5-12(15)7-16-6-11)18-13(20)17-8-14(21)3-4-19(2)9-14/h5-7,10,21H,3-4,8-9H2,1-2H3,(H2,17,18,20)/t10-,14?/m0/s1. The molecule has 0 aromatic carbocycles. The van der Waals surface area contributed by atoms with Crippen molar-refractivity contribution < 1.29 is 14.3 Å². The Kier molecular flexibility index (Phi) is 4.74. The molecule has 0 bridgehead atoms. The number of likely N-dealkylation sites (N-methyl/N-ethyl adjacent to an activating group) is 1. The van der Waals surface area contributed by atoms with Gasteiger partial charge in [-0.25, -0.2) is 9.18 Å². The molecule has 6 nitrogen and oxygen atoms in total. The maximum atomic E-state index is 13.1. The summed E-state index contributed by atoms with van der Waals surface area (Å²) >= 11 is 0. The van der Waals surface area contributed by atoms with Gasteiger partial charge in [0, 0.05) is 25.8 Å². The third-order valence-corrected chi connectivity index (χ3v) is 3.67. The number of hydrogen-bond donors (Lipinski definition) is 3. The molecule has 2 heterocycles. The van der Waals surface area contributed by atoms with Gasteiger partial charge >= 0.3 is 6.03 Å². The van der Waals surface area contributed by atoms with E-state index in [9.17, 15) is 14.3 Å². The number of carbonyl (C=O) groups excluding carboxylic acids is 1. The molecule has 2 atom stereocenters. The maximum absolute atomic E-state index is 13.1. The number of amides is 2. The molecule has 1 saturated heterocycles. The van der Waals surface area contributed by atoms with Crippen LogP contribution in [0.15, 0.2) is 18.5 Å². The second-order valence-electron chi connectivity index (χ2n) is 5.70. The van der Waals surface area contributed by atoms with Crippen molar-refractivity contribution >= 4 is 6.03 Å². The highest BCUT2D eigenvalue weighted by Gasteiger charge is 2.34. The van der Waals surface area contributed by atoms with Crippen LogP contribution in [0.5, 0.6) is 0 Å². The first-order chi connectivity index (χ1) is 9.88. The lowest BCUT2D eigenvalue weighted by Gasteiger charge is -2.23. The monoisotopic (exact) mass is 296 g/mol. The van der Waals surface area contributed by atoms with E-state index in [1.54, 1.807) is 6.92 Å². The van der Waals surface area contributed by atoms with Gasteiger partial charge in [-0.1, -0.05) is 0 Å². The SMILES string of the molecule is C[C@H](NC(=O)NCC1(O)CCN(C)C1)c1cncc(F)c1. The summed E-state index contributed by atoms with van der Waals surface area (Å²) in [5, 5.41) is 15.6. The average Bonchev–Trinajstić information content (AvgIpc) is 2.77. The minimum Gasteiger partial charge on any atom is -0.387 e. The zero-order chi connectivity index (χ0) is 15.5. The highest BCUT2D eigenvalue weighted by atomic mass is 19.1. The largest absolute Gasteiger partial charge is 0.387 e. The Hall–Kier alpha value is -1.73. The van der Waals surface area contributed by atoms with Crippen LogP contribution in [-0.2, 0) is 0 Å². The van der Waals surface area contributed by atoms with E-state index in [1.807, 2.05) is 11.9 Å². The number of nitrogens with zero attached hydrogens (tertiary/aromatic N) is 2. The van der Waals surface area contributed by atoms with E-state index in [0.29, 0.717) is 18.5 Å². The van der Waals surface area contributed by atoms with Gasteiger partial charge in [0.1, 0.15) is 5.82 Å². The molecule has 0 radical (unpaired) electrons. The third kappa shape index (κ3) is 4.37. The van der Waals surface area contributed by atoms with E-state index in [1.165, 1.54) is 12.3 Å².